The van der Waals surface area contributed by atoms with Crippen molar-refractivity contribution in [1.82, 2.24) is 14.8 Å². The average molecular weight is 427 g/mol. The fraction of sp³-hybridized carbons (Fsp3) is 0.269. The van der Waals surface area contributed by atoms with E-state index in [0.717, 1.165) is 67.4 Å². The van der Waals surface area contributed by atoms with E-state index in [1.54, 1.807) is 6.92 Å². The lowest BCUT2D eigenvalue weighted by molar-refractivity contribution is -0.130. The third-order valence-electron chi connectivity index (χ3n) is 6.03. The molecule has 162 valence electrons. The second kappa shape index (κ2) is 8.93. The Bertz CT molecular complexity index is 1190. The molecule has 2 aliphatic rings. The Hall–Kier alpha value is -3.51. The highest BCUT2D eigenvalue weighted by molar-refractivity contribution is 5.89. The van der Waals surface area contributed by atoms with E-state index >= 15 is 0 Å². The Morgan fingerprint density at radius 1 is 0.969 bits per heavy atom. The molecule has 0 bridgehead atoms. The number of hydrogen-bond acceptors (Lipinski definition) is 5. The van der Waals surface area contributed by atoms with Gasteiger partial charge in [0.1, 0.15) is 11.5 Å². The minimum atomic E-state index is 0.156. The molecule has 1 saturated heterocycles. The molecule has 2 aromatic carbocycles. The lowest BCUT2D eigenvalue weighted by Gasteiger charge is -2.33. The van der Waals surface area contributed by atoms with Gasteiger partial charge in [0.2, 0.25) is 5.91 Å². The molecule has 3 heterocycles. The van der Waals surface area contributed by atoms with Crippen molar-refractivity contribution in [3.05, 3.63) is 71.9 Å². The van der Waals surface area contributed by atoms with Crippen molar-refractivity contribution in [2.45, 2.75) is 13.5 Å². The lowest BCUT2D eigenvalue weighted by atomic mass is 10.1. The van der Waals surface area contributed by atoms with Crippen molar-refractivity contribution in [1.29, 1.82) is 0 Å². The third kappa shape index (κ3) is 4.55. The van der Waals surface area contributed by atoms with Crippen molar-refractivity contribution >= 4 is 28.6 Å². The van der Waals surface area contributed by atoms with Crippen molar-refractivity contribution in [2.24, 2.45) is 4.99 Å². The maximum atomic E-state index is 11.5. The van der Waals surface area contributed by atoms with Crippen LogP contribution in [0.15, 0.2) is 65.7 Å². The molecule has 0 atom stereocenters. The fourth-order valence-corrected chi connectivity index (χ4v) is 4.15. The number of carbonyl (C=O) groups is 1. The van der Waals surface area contributed by atoms with Crippen LogP contribution in [0, 0.1) is 0 Å². The number of piperazine rings is 1. The van der Waals surface area contributed by atoms with E-state index in [4.69, 9.17) is 9.72 Å². The Labute approximate surface area is 187 Å². The number of rotatable bonds is 5. The predicted molar refractivity (Wildman–Crippen MR) is 127 cm³/mol. The highest BCUT2D eigenvalue weighted by atomic mass is 16.5. The number of hydrogen-bond donors (Lipinski definition) is 0. The summed E-state index contributed by atoms with van der Waals surface area (Å²) in [6, 6.07) is 18.3. The number of carbonyl (C=O) groups excluding carboxylic acids is 1. The smallest absolute Gasteiger partial charge is 0.219 e. The van der Waals surface area contributed by atoms with E-state index in [0.29, 0.717) is 0 Å². The monoisotopic (exact) mass is 426 g/mol. The summed E-state index contributed by atoms with van der Waals surface area (Å²) >= 11 is 0. The van der Waals surface area contributed by atoms with Crippen LogP contribution in [0.3, 0.4) is 0 Å². The SMILES string of the molecule is CC(=O)N1CCN(Cc2ccc3cc(Oc4ccc(C5=CC=NC5)cc4)ccc3n2)CC1. The zero-order valence-corrected chi connectivity index (χ0v) is 18.2. The van der Waals surface area contributed by atoms with Gasteiger partial charge in [-0.3, -0.25) is 19.7 Å². The molecule has 0 aliphatic carbocycles. The van der Waals surface area contributed by atoms with Gasteiger partial charge < -0.3 is 9.64 Å². The molecular weight excluding hydrogens is 400 g/mol. The topological polar surface area (TPSA) is 58.0 Å². The summed E-state index contributed by atoms with van der Waals surface area (Å²) in [4.78, 5) is 24.8. The lowest BCUT2D eigenvalue weighted by Crippen LogP contribution is -2.47. The first-order valence-corrected chi connectivity index (χ1v) is 11.0. The largest absolute Gasteiger partial charge is 0.457 e. The zero-order chi connectivity index (χ0) is 21.9. The van der Waals surface area contributed by atoms with Gasteiger partial charge in [-0.25, -0.2) is 0 Å². The van der Waals surface area contributed by atoms with Crippen LogP contribution in [0.1, 0.15) is 18.2 Å². The summed E-state index contributed by atoms with van der Waals surface area (Å²) in [6.07, 6.45) is 3.90. The van der Waals surface area contributed by atoms with E-state index in [2.05, 4.69) is 34.2 Å². The molecule has 2 aliphatic heterocycles. The van der Waals surface area contributed by atoms with Crippen LogP contribution in [0.4, 0.5) is 0 Å². The molecule has 0 unspecified atom stereocenters. The molecule has 1 fully saturated rings. The maximum absolute atomic E-state index is 11.5. The van der Waals surface area contributed by atoms with E-state index < -0.39 is 0 Å². The standard InChI is InChI=1S/C26H26N4O2/c1-19(31)30-14-12-29(13-15-30)18-23-5-2-21-16-25(8-9-26(21)28-23)32-24-6-3-20(4-7-24)22-10-11-27-17-22/h2-11,16H,12-15,17-18H2,1H3. The predicted octanol–water partition coefficient (Wildman–Crippen LogP) is 4.16. The van der Waals surface area contributed by atoms with Gasteiger partial charge in [-0.1, -0.05) is 18.2 Å². The number of aliphatic imine (C=N–C) groups is 1. The third-order valence-corrected chi connectivity index (χ3v) is 6.03. The molecule has 0 N–H and O–H groups in total. The number of pyridine rings is 1. The first kappa shape index (κ1) is 20.4. The Morgan fingerprint density at radius 2 is 1.75 bits per heavy atom. The molecule has 6 nitrogen and oxygen atoms in total. The van der Waals surface area contributed by atoms with Gasteiger partial charge in [-0.05, 0) is 53.6 Å². The van der Waals surface area contributed by atoms with Crippen LogP contribution in [0.25, 0.3) is 16.5 Å². The summed E-state index contributed by atoms with van der Waals surface area (Å²) in [5.41, 5.74) is 4.40. The summed E-state index contributed by atoms with van der Waals surface area (Å²) in [6.45, 7) is 6.52. The molecule has 0 saturated carbocycles. The number of allylic oxidation sites excluding steroid dienone is 1. The summed E-state index contributed by atoms with van der Waals surface area (Å²) < 4.78 is 6.07. The molecule has 32 heavy (non-hydrogen) atoms. The molecule has 1 aromatic heterocycles. The van der Waals surface area contributed by atoms with Crippen molar-refractivity contribution in [2.75, 3.05) is 32.7 Å². The van der Waals surface area contributed by atoms with Crippen LogP contribution >= 0.6 is 0 Å². The first-order valence-electron chi connectivity index (χ1n) is 11.0. The van der Waals surface area contributed by atoms with E-state index in [-0.39, 0.29) is 5.91 Å². The van der Waals surface area contributed by atoms with Crippen LogP contribution in [0.2, 0.25) is 0 Å². The van der Waals surface area contributed by atoms with Crippen LogP contribution in [-0.2, 0) is 11.3 Å². The minimum Gasteiger partial charge on any atom is -0.457 e. The van der Waals surface area contributed by atoms with E-state index in [9.17, 15) is 4.79 Å². The minimum absolute atomic E-state index is 0.156. The Kier molecular flexibility index (Phi) is 5.69. The molecule has 1 amide bonds. The van der Waals surface area contributed by atoms with E-state index in [1.165, 1.54) is 11.1 Å². The normalized spacial score (nSPS) is 16.4. The van der Waals surface area contributed by atoms with Crippen LogP contribution in [-0.4, -0.2) is 59.6 Å². The first-order chi connectivity index (χ1) is 15.6. The number of ether oxygens (including phenoxy) is 1. The second-order valence-corrected chi connectivity index (χ2v) is 8.25. The molecule has 0 spiro atoms. The Balaban J connectivity index is 1.23. The van der Waals surface area contributed by atoms with Crippen molar-refractivity contribution in [3.8, 4) is 11.5 Å². The number of benzene rings is 2. The van der Waals surface area contributed by atoms with Gasteiger partial charge in [0.15, 0.2) is 0 Å². The maximum Gasteiger partial charge on any atom is 0.219 e. The van der Waals surface area contributed by atoms with E-state index in [1.807, 2.05) is 47.5 Å². The van der Waals surface area contributed by atoms with Gasteiger partial charge in [0.05, 0.1) is 17.8 Å². The van der Waals surface area contributed by atoms with Gasteiger partial charge in [0, 0.05) is 51.2 Å². The number of fused-ring (bicyclic) bond motifs is 1. The fourth-order valence-electron chi connectivity index (χ4n) is 4.15. The summed E-state index contributed by atoms with van der Waals surface area (Å²) in [5, 5.41) is 1.05. The zero-order valence-electron chi connectivity index (χ0n) is 18.2. The molecule has 3 aromatic rings. The van der Waals surface area contributed by atoms with Crippen molar-refractivity contribution < 1.29 is 9.53 Å². The van der Waals surface area contributed by atoms with Gasteiger partial charge >= 0.3 is 0 Å². The van der Waals surface area contributed by atoms with Gasteiger partial charge in [0.25, 0.3) is 0 Å². The Morgan fingerprint density at radius 3 is 2.47 bits per heavy atom. The number of aromatic nitrogens is 1. The highest BCUT2D eigenvalue weighted by Gasteiger charge is 2.19. The summed E-state index contributed by atoms with van der Waals surface area (Å²) in [7, 11) is 0. The quantitative estimate of drug-likeness (QED) is 0.615. The highest BCUT2D eigenvalue weighted by Crippen LogP contribution is 2.27. The van der Waals surface area contributed by atoms with Crippen LogP contribution in [0.5, 0.6) is 11.5 Å². The number of nitrogens with zero attached hydrogens (tertiary/aromatic N) is 4. The van der Waals surface area contributed by atoms with Crippen LogP contribution < -0.4 is 4.74 Å². The number of amides is 1. The summed E-state index contributed by atoms with van der Waals surface area (Å²) in [5.74, 6) is 1.76. The van der Waals surface area contributed by atoms with Crippen molar-refractivity contribution in [3.63, 3.8) is 0 Å². The van der Waals surface area contributed by atoms with Gasteiger partial charge in [-0.15, -0.1) is 0 Å². The molecular formula is C26H26N4O2. The average Bonchev–Trinajstić information content (AvgIpc) is 3.35. The second-order valence-electron chi connectivity index (χ2n) is 8.25. The van der Waals surface area contributed by atoms with Gasteiger partial charge in [-0.2, -0.15) is 0 Å². The molecule has 6 heteroatoms. The molecule has 0 radical (unpaired) electrons. The molecule has 5 rings (SSSR count).